The van der Waals surface area contributed by atoms with E-state index in [1.54, 1.807) is 23.1 Å². The molecule has 4 rings (SSSR count). The van der Waals surface area contributed by atoms with Crippen molar-refractivity contribution in [1.82, 2.24) is 0 Å². The van der Waals surface area contributed by atoms with Crippen molar-refractivity contribution >= 4 is 40.5 Å². The van der Waals surface area contributed by atoms with Crippen LogP contribution in [0.4, 0.5) is 17.1 Å². The predicted octanol–water partition coefficient (Wildman–Crippen LogP) is 2.93. The summed E-state index contributed by atoms with van der Waals surface area (Å²) in [5.41, 5.74) is 2.16. The molecule has 0 unspecified atom stereocenters. The van der Waals surface area contributed by atoms with Gasteiger partial charge in [0.15, 0.2) is 0 Å². The molecule has 1 N–H and O–H groups in total. The first kappa shape index (κ1) is 17.9. The van der Waals surface area contributed by atoms with Gasteiger partial charge in [0.1, 0.15) is 5.71 Å². The zero-order chi connectivity index (χ0) is 19.5. The van der Waals surface area contributed by atoms with Crippen molar-refractivity contribution in [2.45, 2.75) is 25.7 Å². The largest absolute Gasteiger partial charge is 0.319 e. The van der Waals surface area contributed by atoms with Crippen LogP contribution in [0.5, 0.6) is 0 Å². The van der Waals surface area contributed by atoms with Gasteiger partial charge < -0.3 is 10.2 Å². The number of nitrogens with one attached hydrogen (secondary N) is 1. The third kappa shape index (κ3) is 3.51. The van der Waals surface area contributed by atoms with Gasteiger partial charge in [0.25, 0.3) is 5.91 Å². The fraction of sp³-hybridized carbons (Fsp3) is 0.238. The molecule has 2 aliphatic rings. The molecule has 2 heterocycles. The Balaban J connectivity index is 1.57. The number of benzene rings is 2. The molecule has 28 heavy (non-hydrogen) atoms. The Bertz CT molecular complexity index is 955. The minimum absolute atomic E-state index is 0.0533. The smallest absolute Gasteiger partial charge is 0.271 e. The maximum Gasteiger partial charge on any atom is 0.271 e. The van der Waals surface area contributed by atoms with E-state index in [1.165, 1.54) is 5.01 Å². The van der Waals surface area contributed by atoms with Crippen LogP contribution in [0.1, 0.15) is 25.7 Å². The van der Waals surface area contributed by atoms with Gasteiger partial charge in [-0.25, -0.2) is 5.01 Å². The minimum atomic E-state index is -0.368. The summed E-state index contributed by atoms with van der Waals surface area (Å²) >= 11 is 0. The monoisotopic (exact) mass is 376 g/mol. The number of anilines is 3. The molecule has 142 valence electrons. The minimum Gasteiger partial charge on any atom is -0.319 e. The highest BCUT2D eigenvalue weighted by Crippen LogP contribution is 2.29. The molecule has 0 spiro atoms. The number of para-hydroxylation sites is 3. The summed E-state index contributed by atoms with van der Waals surface area (Å²) in [7, 11) is 0. The van der Waals surface area contributed by atoms with E-state index in [-0.39, 0.29) is 36.3 Å². The number of amides is 3. The summed E-state index contributed by atoms with van der Waals surface area (Å²) in [4.78, 5) is 38.8. The van der Waals surface area contributed by atoms with Crippen molar-refractivity contribution in [3.63, 3.8) is 0 Å². The van der Waals surface area contributed by atoms with Crippen LogP contribution in [0.2, 0.25) is 0 Å². The lowest BCUT2D eigenvalue weighted by molar-refractivity contribution is -0.119. The van der Waals surface area contributed by atoms with E-state index in [4.69, 9.17) is 0 Å². The Hall–Kier alpha value is -3.48. The van der Waals surface area contributed by atoms with Gasteiger partial charge in [-0.1, -0.05) is 30.3 Å². The van der Waals surface area contributed by atoms with Crippen molar-refractivity contribution in [3.8, 4) is 0 Å². The van der Waals surface area contributed by atoms with Crippen LogP contribution in [-0.4, -0.2) is 30.0 Å². The van der Waals surface area contributed by atoms with Crippen LogP contribution in [0.15, 0.2) is 59.7 Å². The third-order valence-corrected chi connectivity index (χ3v) is 4.81. The molecule has 0 bridgehead atoms. The number of hydrogen-bond donors (Lipinski definition) is 1. The van der Waals surface area contributed by atoms with Gasteiger partial charge in [-0.05, 0) is 30.7 Å². The predicted molar refractivity (Wildman–Crippen MR) is 107 cm³/mol. The standard InChI is InChI=1S/C21H20N4O3/c26-19-11-6-14-24(19)18-10-5-4-9-16(18)22-21(28)17-12-13-20(27)25(23-17)15-7-2-1-3-8-15/h1-5,7-10H,6,11-14H2,(H,22,28). The topological polar surface area (TPSA) is 82.1 Å². The van der Waals surface area contributed by atoms with Gasteiger partial charge in [0.05, 0.1) is 17.1 Å². The second-order valence-corrected chi connectivity index (χ2v) is 6.71. The highest BCUT2D eigenvalue weighted by atomic mass is 16.2. The third-order valence-electron chi connectivity index (χ3n) is 4.81. The van der Waals surface area contributed by atoms with Gasteiger partial charge in [-0.2, -0.15) is 5.10 Å². The van der Waals surface area contributed by atoms with E-state index in [1.807, 2.05) is 36.4 Å². The summed E-state index contributed by atoms with van der Waals surface area (Å²) in [6.07, 6.45) is 1.82. The lowest BCUT2D eigenvalue weighted by atomic mass is 10.1. The molecule has 1 saturated heterocycles. The zero-order valence-electron chi connectivity index (χ0n) is 15.3. The van der Waals surface area contributed by atoms with Crippen molar-refractivity contribution < 1.29 is 14.4 Å². The SMILES string of the molecule is O=C(Nc1ccccc1N1CCCC1=O)C1=NN(c2ccccc2)C(=O)CC1. The molecular weight excluding hydrogens is 356 g/mol. The van der Waals surface area contributed by atoms with Gasteiger partial charge in [-0.15, -0.1) is 0 Å². The molecular formula is C21H20N4O3. The Morgan fingerprint density at radius 1 is 0.893 bits per heavy atom. The Morgan fingerprint density at radius 3 is 2.39 bits per heavy atom. The summed E-state index contributed by atoms with van der Waals surface area (Å²) in [6.45, 7) is 0.642. The number of hydrogen-bond acceptors (Lipinski definition) is 4. The number of carbonyl (C=O) groups excluding carboxylic acids is 3. The van der Waals surface area contributed by atoms with Gasteiger partial charge >= 0.3 is 0 Å². The second-order valence-electron chi connectivity index (χ2n) is 6.71. The average molecular weight is 376 g/mol. The normalized spacial score (nSPS) is 16.9. The molecule has 1 fully saturated rings. The summed E-state index contributed by atoms with van der Waals surface area (Å²) < 4.78 is 0. The molecule has 7 nitrogen and oxygen atoms in total. The molecule has 3 amide bonds. The Kier molecular flexibility index (Phi) is 4.89. The Morgan fingerprint density at radius 2 is 1.64 bits per heavy atom. The summed E-state index contributed by atoms with van der Waals surface area (Å²) in [5.74, 6) is -0.462. The molecule has 2 aromatic carbocycles. The first-order valence-corrected chi connectivity index (χ1v) is 9.30. The van der Waals surface area contributed by atoms with E-state index in [0.717, 1.165) is 6.42 Å². The maximum atomic E-state index is 12.8. The molecule has 0 radical (unpaired) electrons. The number of rotatable bonds is 4. The Labute approximate surface area is 162 Å². The average Bonchev–Trinajstić information content (AvgIpc) is 3.15. The number of carbonyl (C=O) groups is 3. The van der Waals surface area contributed by atoms with Gasteiger partial charge in [-0.3, -0.25) is 14.4 Å². The first-order chi connectivity index (χ1) is 13.6. The first-order valence-electron chi connectivity index (χ1n) is 9.30. The van der Waals surface area contributed by atoms with Crippen molar-refractivity contribution in [3.05, 3.63) is 54.6 Å². The second kappa shape index (κ2) is 7.64. The van der Waals surface area contributed by atoms with Crippen molar-refractivity contribution in [2.24, 2.45) is 5.10 Å². The van der Waals surface area contributed by atoms with Crippen LogP contribution >= 0.6 is 0 Å². The molecule has 0 aromatic heterocycles. The molecule has 2 aliphatic heterocycles. The van der Waals surface area contributed by atoms with E-state index < -0.39 is 0 Å². The number of hydrazone groups is 1. The lowest BCUT2D eigenvalue weighted by Crippen LogP contribution is -2.36. The lowest BCUT2D eigenvalue weighted by Gasteiger charge is -2.24. The maximum absolute atomic E-state index is 12.8. The molecule has 7 heteroatoms. The molecule has 0 saturated carbocycles. The highest BCUT2D eigenvalue weighted by molar-refractivity contribution is 6.44. The molecule has 0 atom stereocenters. The van der Waals surface area contributed by atoms with E-state index >= 15 is 0 Å². The van der Waals surface area contributed by atoms with Crippen LogP contribution in [-0.2, 0) is 14.4 Å². The highest BCUT2D eigenvalue weighted by Gasteiger charge is 2.27. The summed E-state index contributed by atoms with van der Waals surface area (Å²) in [6, 6.07) is 16.3. The van der Waals surface area contributed by atoms with Gasteiger partial charge in [0.2, 0.25) is 11.8 Å². The fourth-order valence-corrected chi connectivity index (χ4v) is 3.40. The van der Waals surface area contributed by atoms with Gasteiger partial charge in [0, 0.05) is 25.8 Å². The molecule has 0 aliphatic carbocycles. The van der Waals surface area contributed by atoms with E-state index in [0.29, 0.717) is 30.0 Å². The quantitative estimate of drug-likeness (QED) is 0.891. The zero-order valence-corrected chi connectivity index (χ0v) is 15.3. The van der Waals surface area contributed by atoms with Crippen LogP contribution < -0.4 is 15.2 Å². The van der Waals surface area contributed by atoms with Crippen LogP contribution in [0.3, 0.4) is 0 Å². The van der Waals surface area contributed by atoms with Crippen molar-refractivity contribution in [1.29, 1.82) is 0 Å². The van der Waals surface area contributed by atoms with Crippen molar-refractivity contribution in [2.75, 3.05) is 21.8 Å². The van der Waals surface area contributed by atoms with E-state index in [9.17, 15) is 14.4 Å². The number of nitrogens with zero attached hydrogens (tertiary/aromatic N) is 3. The van der Waals surface area contributed by atoms with E-state index in [2.05, 4.69) is 10.4 Å². The summed E-state index contributed by atoms with van der Waals surface area (Å²) in [5, 5.41) is 8.41. The van der Waals surface area contributed by atoms with Crippen LogP contribution in [0, 0.1) is 0 Å². The van der Waals surface area contributed by atoms with Crippen LogP contribution in [0.25, 0.3) is 0 Å². The molecule has 2 aromatic rings. The fourth-order valence-electron chi connectivity index (χ4n) is 3.40.